The Labute approximate surface area is 134 Å². The lowest BCUT2D eigenvalue weighted by atomic mass is 9.92. The highest BCUT2D eigenvalue weighted by Crippen LogP contribution is 2.36. The van der Waals surface area contributed by atoms with Gasteiger partial charge < -0.3 is 4.90 Å². The number of amides is 1. The number of nitrogens with zero attached hydrogens (tertiary/aromatic N) is 2. The zero-order chi connectivity index (χ0) is 15.7. The van der Waals surface area contributed by atoms with Crippen LogP contribution < -0.4 is 0 Å². The van der Waals surface area contributed by atoms with Gasteiger partial charge in [0.1, 0.15) is 0 Å². The van der Waals surface area contributed by atoms with Crippen molar-refractivity contribution in [2.24, 2.45) is 11.8 Å². The van der Waals surface area contributed by atoms with Crippen molar-refractivity contribution in [2.75, 3.05) is 25.9 Å². The molecule has 2 heterocycles. The second kappa shape index (κ2) is 6.48. The summed E-state index contributed by atoms with van der Waals surface area (Å²) in [5.74, 6) is 1.03. The van der Waals surface area contributed by atoms with Crippen LogP contribution in [0.25, 0.3) is 0 Å². The first-order chi connectivity index (χ1) is 10.5. The second-order valence-electron chi connectivity index (χ2n) is 7.22. The summed E-state index contributed by atoms with van der Waals surface area (Å²) in [6, 6.07) is 0.461. The zero-order valence-corrected chi connectivity index (χ0v) is 14.4. The Morgan fingerprint density at radius 1 is 0.909 bits per heavy atom. The molecule has 22 heavy (non-hydrogen) atoms. The third-order valence-electron chi connectivity index (χ3n) is 5.80. The average Bonchev–Trinajstić information content (AvgIpc) is 3.16. The molecule has 1 amide bonds. The van der Waals surface area contributed by atoms with Crippen LogP contribution in [0.4, 0.5) is 0 Å². The Bertz CT molecular complexity index is 505. The standard InChI is InChI=1S/C16H28N2O3S/c1-22(20,21)17-11-8-14(9-12-17)16(19)18-10-4-7-15(18)13-5-2-3-6-13/h13-15H,2-12H2,1H3. The Morgan fingerprint density at radius 2 is 1.55 bits per heavy atom. The maximum atomic E-state index is 12.9. The summed E-state index contributed by atoms with van der Waals surface area (Å²) in [7, 11) is -3.11. The molecule has 5 nitrogen and oxygen atoms in total. The van der Waals surface area contributed by atoms with E-state index in [1.54, 1.807) is 0 Å². The van der Waals surface area contributed by atoms with Gasteiger partial charge in [0.15, 0.2) is 0 Å². The van der Waals surface area contributed by atoms with Gasteiger partial charge in [-0.2, -0.15) is 0 Å². The monoisotopic (exact) mass is 328 g/mol. The van der Waals surface area contributed by atoms with Gasteiger partial charge in [-0.15, -0.1) is 0 Å². The van der Waals surface area contributed by atoms with Crippen molar-refractivity contribution in [2.45, 2.75) is 57.4 Å². The third-order valence-corrected chi connectivity index (χ3v) is 7.10. The SMILES string of the molecule is CS(=O)(=O)N1CCC(C(=O)N2CCCC2C2CCCC2)CC1. The van der Waals surface area contributed by atoms with E-state index in [0.29, 0.717) is 43.8 Å². The highest BCUT2D eigenvalue weighted by Gasteiger charge is 2.39. The van der Waals surface area contributed by atoms with Gasteiger partial charge in [-0.3, -0.25) is 4.79 Å². The van der Waals surface area contributed by atoms with Crippen LogP contribution in [0.1, 0.15) is 51.4 Å². The van der Waals surface area contributed by atoms with Crippen LogP contribution >= 0.6 is 0 Å². The lowest BCUT2D eigenvalue weighted by molar-refractivity contribution is -0.138. The van der Waals surface area contributed by atoms with Crippen molar-refractivity contribution in [3.05, 3.63) is 0 Å². The molecule has 1 unspecified atom stereocenters. The minimum atomic E-state index is -3.11. The summed E-state index contributed by atoms with van der Waals surface area (Å²) < 4.78 is 24.7. The molecular weight excluding hydrogens is 300 g/mol. The average molecular weight is 328 g/mol. The van der Waals surface area contributed by atoms with Crippen LogP contribution in [0.2, 0.25) is 0 Å². The predicted molar refractivity (Wildman–Crippen MR) is 85.8 cm³/mol. The summed E-state index contributed by atoms with van der Waals surface area (Å²) >= 11 is 0. The van der Waals surface area contributed by atoms with Gasteiger partial charge in [-0.1, -0.05) is 12.8 Å². The molecule has 0 aromatic heterocycles. The molecule has 6 heteroatoms. The number of rotatable bonds is 3. The van der Waals surface area contributed by atoms with Gasteiger partial charge in [-0.25, -0.2) is 12.7 Å². The number of piperidine rings is 1. The molecule has 3 aliphatic rings. The van der Waals surface area contributed by atoms with Gasteiger partial charge in [0.2, 0.25) is 15.9 Å². The highest BCUT2D eigenvalue weighted by atomic mass is 32.2. The fourth-order valence-electron chi connectivity index (χ4n) is 4.57. The van der Waals surface area contributed by atoms with Gasteiger partial charge in [0.25, 0.3) is 0 Å². The van der Waals surface area contributed by atoms with E-state index >= 15 is 0 Å². The minimum Gasteiger partial charge on any atom is -0.339 e. The van der Waals surface area contributed by atoms with Gasteiger partial charge in [-0.05, 0) is 44.4 Å². The molecule has 0 spiro atoms. The van der Waals surface area contributed by atoms with Gasteiger partial charge >= 0.3 is 0 Å². The van der Waals surface area contributed by atoms with Crippen LogP contribution in [-0.2, 0) is 14.8 Å². The number of hydrogen-bond donors (Lipinski definition) is 0. The first-order valence-electron chi connectivity index (χ1n) is 8.72. The quantitative estimate of drug-likeness (QED) is 0.794. The fourth-order valence-corrected chi connectivity index (χ4v) is 5.44. The number of sulfonamides is 1. The van der Waals surface area contributed by atoms with Crippen molar-refractivity contribution in [1.82, 2.24) is 9.21 Å². The number of carbonyl (C=O) groups excluding carboxylic acids is 1. The topological polar surface area (TPSA) is 57.7 Å². The molecular formula is C16H28N2O3S. The van der Waals surface area contributed by atoms with E-state index in [9.17, 15) is 13.2 Å². The number of carbonyl (C=O) groups is 1. The fraction of sp³-hybridized carbons (Fsp3) is 0.938. The maximum absolute atomic E-state index is 12.9. The summed E-state index contributed by atoms with van der Waals surface area (Å²) in [5, 5.41) is 0. The van der Waals surface area contributed by atoms with Crippen molar-refractivity contribution < 1.29 is 13.2 Å². The molecule has 2 saturated heterocycles. The van der Waals surface area contributed by atoms with Crippen LogP contribution in [0, 0.1) is 11.8 Å². The summed E-state index contributed by atoms with van der Waals surface area (Å²) in [5.41, 5.74) is 0. The smallest absolute Gasteiger partial charge is 0.226 e. The molecule has 1 aliphatic carbocycles. The number of likely N-dealkylation sites (tertiary alicyclic amines) is 1. The van der Waals surface area contributed by atoms with Gasteiger partial charge in [0, 0.05) is 31.6 Å². The first kappa shape index (κ1) is 16.2. The maximum Gasteiger partial charge on any atom is 0.226 e. The molecule has 126 valence electrons. The zero-order valence-electron chi connectivity index (χ0n) is 13.5. The molecule has 0 N–H and O–H groups in total. The minimum absolute atomic E-state index is 0.0278. The van der Waals surface area contributed by atoms with E-state index in [-0.39, 0.29) is 5.92 Å². The third kappa shape index (κ3) is 3.32. The van der Waals surface area contributed by atoms with E-state index in [0.717, 1.165) is 13.0 Å². The van der Waals surface area contributed by atoms with E-state index < -0.39 is 10.0 Å². The Kier molecular flexibility index (Phi) is 4.78. The molecule has 0 aromatic carbocycles. The molecule has 0 aromatic rings. The summed E-state index contributed by atoms with van der Waals surface area (Å²) in [6.07, 6.45) is 10.1. The Hall–Kier alpha value is -0.620. The molecule has 3 fully saturated rings. The second-order valence-corrected chi connectivity index (χ2v) is 9.20. The van der Waals surface area contributed by atoms with Crippen LogP contribution in [0.15, 0.2) is 0 Å². The highest BCUT2D eigenvalue weighted by molar-refractivity contribution is 7.88. The molecule has 1 saturated carbocycles. The van der Waals surface area contributed by atoms with E-state index in [2.05, 4.69) is 4.90 Å². The summed E-state index contributed by atoms with van der Waals surface area (Å²) in [6.45, 7) is 1.90. The Morgan fingerprint density at radius 3 is 2.14 bits per heavy atom. The lowest BCUT2D eigenvalue weighted by Gasteiger charge is -2.35. The van der Waals surface area contributed by atoms with Crippen LogP contribution in [0.3, 0.4) is 0 Å². The van der Waals surface area contributed by atoms with Crippen LogP contribution in [0.5, 0.6) is 0 Å². The first-order valence-corrected chi connectivity index (χ1v) is 10.6. The predicted octanol–water partition coefficient (Wildman–Crippen LogP) is 1.84. The van der Waals surface area contributed by atoms with Crippen LogP contribution in [-0.4, -0.2) is 55.5 Å². The normalized spacial score (nSPS) is 29.3. The Balaban J connectivity index is 1.59. The molecule has 1 atom stereocenters. The lowest BCUT2D eigenvalue weighted by Crippen LogP contribution is -2.46. The van der Waals surface area contributed by atoms with Crippen molar-refractivity contribution in [3.63, 3.8) is 0 Å². The van der Waals surface area contributed by atoms with Crippen molar-refractivity contribution >= 4 is 15.9 Å². The van der Waals surface area contributed by atoms with E-state index in [1.807, 2.05) is 0 Å². The summed E-state index contributed by atoms with van der Waals surface area (Å²) in [4.78, 5) is 15.0. The van der Waals surface area contributed by atoms with Gasteiger partial charge in [0.05, 0.1) is 6.26 Å². The largest absolute Gasteiger partial charge is 0.339 e. The van der Waals surface area contributed by atoms with Crippen molar-refractivity contribution in [3.8, 4) is 0 Å². The van der Waals surface area contributed by atoms with E-state index in [1.165, 1.54) is 42.7 Å². The molecule has 0 radical (unpaired) electrons. The number of hydrogen-bond acceptors (Lipinski definition) is 3. The molecule has 3 rings (SSSR count). The van der Waals surface area contributed by atoms with E-state index in [4.69, 9.17) is 0 Å². The molecule has 2 aliphatic heterocycles. The molecule has 0 bridgehead atoms. The van der Waals surface area contributed by atoms with Crippen molar-refractivity contribution in [1.29, 1.82) is 0 Å².